The molecule has 108 valence electrons. The SMILES string of the molecule is CCc1ccsc1-c1[nH]nc(N)c1-c1ccc(F)cc1Cl. The summed E-state index contributed by atoms with van der Waals surface area (Å²) in [6.45, 7) is 2.09. The van der Waals surface area contributed by atoms with E-state index in [9.17, 15) is 4.39 Å². The van der Waals surface area contributed by atoms with E-state index in [0.29, 0.717) is 16.4 Å². The van der Waals surface area contributed by atoms with Gasteiger partial charge in [0.15, 0.2) is 5.82 Å². The van der Waals surface area contributed by atoms with E-state index in [1.54, 1.807) is 17.4 Å². The predicted octanol–water partition coefficient (Wildman–Crippen LogP) is 4.74. The van der Waals surface area contributed by atoms with E-state index in [4.69, 9.17) is 17.3 Å². The number of aromatic nitrogens is 2. The predicted molar refractivity (Wildman–Crippen MR) is 86.1 cm³/mol. The molecule has 0 bridgehead atoms. The monoisotopic (exact) mass is 321 g/mol. The lowest BCUT2D eigenvalue weighted by Gasteiger charge is -2.07. The van der Waals surface area contributed by atoms with Gasteiger partial charge in [0.2, 0.25) is 0 Å². The molecule has 0 saturated carbocycles. The lowest BCUT2D eigenvalue weighted by Crippen LogP contribution is -1.90. The van der Waals surface area contributed by atoms with Crippen molar-refractivity contribution < 1.29 is 4.39 Å². The number of aryl methyl sites for hydroxylation is 1. The van der Waals surface area contributed by atoms with E-state index in [0.717, 1.165) is 22.6 Å². The average molecular weight is 322 g/mol. The van der Waals surface area contributed by atoms with Crippen LogP contribution in [0, 0.1) is 5.82 Å². The van der Waals surface area contributed by atoms with Gasteiger partial charge in [-0.1, -0.05) is 18.5 Å². The summed E-state index contributed by atoms with van der Waals surface area (Å²) in [6, 6.07) is 6.35. The zero-order chi connectivity index (χ0) is 15.0. The number of hydrogen-bond acceptors (Lipinski definition) is 3. The highest BCUT2D eigenvalue weighted by Crippen LogP contribution is 2.41. The number of benzene rings is 1. The number of hydrogen-bond donors (Lipinski definition) is 2. The third-order valence-electron chi connectivity index (χ3n) is 3.35. The maximum Gasteiger partial charge on any atom is 0.153 e. The second-order valence-corrected chi connectivity index (χ2v) is 5.93. The van der Waals surface area contributed by atoms with Crippen LogP contribution in [-0.4, -0.2) is 10.2 Å². The van der Waals surface area contributed by atoms with Gasteiger partial charge in [0.25, 0.3) is 0 Å². The first-order valence-electron chi connectivity index (χ1n) is 6.47. The molecule has 3 aromatic rings. The molecule has 0 unspecified atom stereocenters. The highest BCUT2D eigenvalue weighted by Gasteiger charge is 2.20. The Morgan fingerprint density at radius 3 is 2.90 bits per heavy atom. The average Bonchev–Trinajstić information content (AvgIpc) is 3.05. The molecular weight excluding hydrogens is 309 g/mol. The third-order valence-corrected chi connectivity index (χ3v) is 4.64. The summed E-state index contributed by atoms with van der Waals surface area (Å²) >= 11 is 7.78. The second-order valence-electron chi connectivity index (χ2n) is 4.61. The summed E-state index contributed by atoms with van der Waals surface area (Å²) in [5.74, 6) is -0.0216. The molecule has 0 aliphatic heterocycles. The van der Waals surface area contributed by atoms with Crippen molar-refractivity contribution in [1.29, 1.82) is 0 Å². The van der Waals surface area contributed by atoms with E-state index in [1.165, 1.54) is 17.7 Å². The van der Waals surface area contributed by atoms with Crippen molar-refractivity contribution >= 4 is 28.8 Å². The summed E-state index contributed by atoms with van der Waals surface area (Å²) in [5.41, 5.74) is 9.42. The molecule has 3 rings (SSSR count). The van der Waals surface area contributed by atoms with E-state index in [-0.39, 0.29) is 5.82 Å². The largest absolute Gasteiger partial charge is 0.382 e. The Hall–Kier alpha value is -1.85. The summed E-state index contributed by atoms with van der Waals surface area (Å²) in [6.07, 6.45) is 0.911. The van der Waals surface area contributed by atoms with Crippen molar-refractivity contribution in [2.75, 3.05) is 5.73 Å². The Morgan fingerprint density at radius 2 is 2.19 bits per heavy atom. The number of rotatable bonds is 3. The maximum atomic E-state index is 13.2. The van der Waals surface area contributed by atoms with Crippen molar-refractivity contribution in [3.05, 3.63) is 46.0 Å². The third kappa shape index (κ3) is 2.43. The fourth-order valence-electron chi connectivity index (χ4n) is 2.32. The first-order chi connectivity index (χ1) is 10.1. The molecule has 3 nitrogen and oxygen atoms in total. The number of nitrogens with zero attached hydrogens (tertiary/aromatic N) is 1. The van der Waals surface area contributed by atoms with Gasteiger partial charge in [-0.05, 0) is 41.6 Å². The summed E-state index contributed by atoms with van der Waals surface area (Å²) in [4.78, 5) is 1.08. The molecular formula is C15H13ClFN3S. The van der Waals surface area contributed by atoms with Crippen molar-refractivity contribution in [1.82, 2.24) is 10.2 Å². The van der Waals surface area contributed by atoms with Crippen LogP contribution in [0.2, 0.25) is 5.02 Å². The van der Waals surface area contributed by atoms with Gasteiger partial charge >= 0.3 is 0 Å². The van der Waals surface area contributed by atoms with Crippen LogP contribution in [-0.2, 0) is 6.42 Å². The summed E-state index contributed by atoms with van der Waals surface area (Å²) in [5, 5.41) is 9.42. The van der Waals surface area contributed by atoms with Crippen LogP contribution in [0.4, 0.5) is 10.2 Å². The fourth-order valence-corrected chi connectivity index (χ4v) is 3.58. The lowest BCUT2D eigenvalue weighted by atomic mass is 10.0. The van der Waals surface area contributed by atoms with Gasteiger partial charge in [-0.25, -0.2) is 4.39 Å². The zero-order valence-corrected chi connectivity index (χ0v) is 12.9. The smallest absolute Gasteiger partial charge is 0.153 e. The van der Waals surface area contributed by atoms with E-state index < -0.39 is 0 Å². The van der Waals surface area contributed by atoms with Gasteiger partial charge in [-0.15, -0.1) is 11.3 Å². The minimum absolute atomic E-state index is 0.318. The Kier molecular flexibility index (Phi) is 3.69. The van der Waals surface area contributed by atoms with Crippen LogP contribution >= 0.6 is 22.9 Å². The minimum Gasteiger partial charge on any atom is -0.382 e. The van der Waals surface area contributed by atoms with Gasteiger partial charge in [-0.3, -0.25) is 5.10 Å². The second kappa shape index (κ2) is 5.50. The molecule has 0 radical (unpaired) electrons. The normalized spacial score (nSPS) is 11.0. The summed E-state index contributed by atoms with van der Waals surface area (Å²) in [7, 11) is 0. The number of H-pyrrole nitrogens is 1. The molecule has 0 saturated heterocycles. The Morgan fingerprint density at radius 1 is 1.38 bits per heavy atom. The van der Waals surface area contributed by atoms with Crippen molar-refractivity contribution in [2.45, 2.75) is 13.3 Å². The van der Waals surface area contributed by atoms with Crippen LogP contribution in [0.15, 0.2) is 29.6 Å². The number of anilines is 1. The van der Waals surface area contributed by atoms with Gasteiger partial charge in [0, 0.05) is 5.56 Å². The fraction of sp³-hybridized carbons (Fsp3) is 0.133. The molecule has 0 spiro atoms. The standard InChI is InChI=1S/C15H13ClFN3S/c1-2-8-5-6-21-14(8)13-12(15(18)20-19-13)10-4-3-9(17)7-11(10)16/h3-7H,2H2,1H3,(H3,18,19,20). The van der Waals surface area contributed by atoms with E-state index in [1.807, 2.05) is 5.38 Å². The maximum absolute atomic E-state index is 13.2. The minimum atomic E-state index is -0.377. The molecule has 6 heteroatoms. The van der Waals surface area contributed by atoms with Crippen LogP contribution in [0.3, 0.4) is 0 Å². The molecule has 0 aliphatic carbocycles. The number of nitrogen functional groups attached to an aromatic ring is 1. The number of nitrogens with two attached hydrogens (primary N) is 1. The van der Waals surface area contributed by atoms with Crippen LogP contribution in [0.25, 0.3) is 21.7 Å². The first-order valence-corrected chi connectivity index (χ1v) is 7.73. The van der Waals surface area contributed by atoms with Crippen molar-refractivity contribution in [3.8, 4) is 21.7 Å². The molecule has 3 N–H and O–H groups in total. The van der Waals surface area contributed by atoms with Gasteiger partial charge in [-0.2, -0.15) is 5.10 Å². The highest BCUT2D eigenvalue weighted by molar-refractivity contribution is 7.13. The number of halogens is 2. The molecule has 2 heterocycles. The molecule has 0 aliphatic rings. The van der Waals surface area contributed by atoms with Crippen LogP contribution < -0.4 is 5.73 Å². The number of thiophene rings is 1. The quantitative estimate of drug-likeness (QED) is 0.732. The summed E-state index contributed by atoms with van der Waals surface area (Å²) < 4.78 is 13.2. The van der Waals surface area contributed by atoms with E-state index >= 15 is 0 Å². The van der Waals surface area contributed by atoms with Crippen LogP contribution in [0.1, 0.15) is 12.5 Å². The Bertz CT molecular complexity index is 794. The number of nitrogens with one attached hydrogen (secondary N) is 1. The highest BCUT2D eigenvalue weighted by atomic mass is 35.5. The Labute approximate surface area is 130 Å². The van der Waals surface area contributed by atoms with Gasteiger partial charge in [0.05, 0.1) is 21.2 Å². The molecule has 2 aromatic heterocycles. The topological polar surface area (TPSA) is 54.7 Å². The molecule has 1 aromatic carbocycles. The van der Waals surface area contributed by atoms with Gasteiger partial charge < -0.3 is 5.73 Å². The van der Waals surface area contributed by atoms with Crippen molar-refractivity contribution in [2.24, 2.45) is 0 Å². The first kappa shape index (κ1) is 14.1. The molecule has 21 heavy (non-hydrogen) atoms. The van der Waals surface area contributed by atoms with E-state index in [2.05, 4.69) is 23.2 Å². The number of aromatic amines is 1. The molecule has 0 amide bonds. The molecule has 0 atom stereocenters. The lowest BCUT2D eigenvalue weighted by molar-refractivity contribution is 0.628. The zero-order valence-electron chi connectivity index (χ0n) is 11.3. The van der Waals surface area contributed by atoms with Crippen LogP contribution in [0.5, 0.6) is 0 Å². The molecule has 0 fully saturated rings. The Balaban J connectivity index is 2.22. The van der Waals surface area contributed by atoms with Crippen molar-refractivity contribution in [3.63, 3.8) is 0 Å². The van der Waals surface area contributed by atoms with Gasteiger partial charge in [0.1, 0.15) is 5.82 Å².